The average Bonchev–Trinajstić information content (AvgIpc) is 2.48. The molecular formula is C16H17BrN2O2. The van der Waals surface area contributed by atoms with Crippen LogP contribution in [-0.4, -0.2) is 11.0 Å². The Labute approximate surface area is 132 Å². The Hall–Kier alpha value is -2.01. The van der Waals surface area contributed by atoms with Crippen LogP contribution in [0.5, 0.6) is 5.75 Å². The normalized spacial score (nSPS) is 11.5. The highest BCUT2D eigenvalue weighted by Gasteiger charge is 2.09. The van der Waals surface area contributed by atoms with Crippen LogP contribution in [0, 0.1) is 13.8 Å². The van der Waals surface area contributed by atoms with Crippen LogP contribution in [0.3, 0.4) is 0 Å². The highest BCUT2D eigenvalue weighted by molar-refractivity contribution is 9.10. The first-order valence-electron chi connectivity index (χ1n) is 6.47. The maximum atomic E-state index is 8.85. The molecule has 2 rings (SSSR count). The summed E-state index contributed by atoms with van der Waals surface area (Å²) in [5, 5.41) is 11.9. The molecule has 4 nitrogen and oxygen atoms in total. The van der Waals surface area contributed by atoms with Crippen molar-refractivity contribution in [3.05, 3.63) is 63.1 Å². The van der Waals surface area contributed by atoms with Crippen LogP contribution in [0.4, 0.5) is 0 Å². The zero-order valence-electron chi connectivity index (χ0n) is 11.9. The summed E-state index contributed by atoms with van der Waals surface area (Å²) in [6.07, 6.45) is 0. The maximum absolute atomic E-state index is 8.85. The monoisotopic (exact) mass is 348 g/mol. The molecule has 0 spiro atoms. The van der Waals surface area contributed by atoms with Crippen LogP contribution in [0.25, 0.3) is 0 Å². The highest BCUT2D eigenvalue weighted by atomic mass is 79.9. The van der Waals surface area contributed by atoms with Gasteiger partial charge in [0.05, 0.1) is 5.56 Å². The standard InChI is InChI=1S/C16H17BrN2O2/c1-10-3-4-12(7-11(10)2)9-21-15-6-5-13(17)8-14(15)16(18)19-20/h3-8,20H,9H2,1-2H3,(H2,18,19). The third-order valence-corrected chi connectivity index (χ3v) is 3.78. The molecule has 0 aliphatic heterocycles. The lowest BCUT2D eigenvalue weighted by Crippen LogP contribution is -2.15. The number of halogens is 1. The van der Waals surface area contributed by atoms with Gasteiger partial charge in [-0.3, -0.25) is 0 Å². The van der Waals surface area contributed by atoms with E-state index >= 15 is 0 Å². The largest absolute Gasteiger partial charge is 0.488 e. The summed E-state index contributed by atoms with van der Waals surface area (Å²) in [7, 11) is 0. The van der Waals surface area contributed by atoms with Crippen molar-refractivity contribution in [3.63, 3.8) is 0 Å². The van der Waals surface area contributed by atoms with Crippen molar-refractivity contribution in [3.8, 4) is 5.75 Å². The number of benzene rings is 2. The molecule has 0 aliphatic carbocycles. The van der Waals surface area contributed by atoms with E-state index in [1.165, 1.54) is 11.1 Å². The van der Waals surface area contributed by atoms with Crippen LogP contribution in [0.15, 0.2) is 46.0 Å². The predicted octanol–water partition coefficient (Wildman–Crippen LogP) is 3.74. The van der Waals surface area contributed by atoms with Gasteiger partial charge < -0.3 is 15.7 Å². The van der Waals surface area contributed by atoms with Crippen molar-refractivity contribution in [1.29, 1.82) is 0 Å². The van der Waals surface area contributed by atoms with Crippen LogP contribution in [-0.2, 0) is 6.61 Å². The van der Waals surface area contributed by atoms with Crippen molar-refractivity contribution in [2.24, 2.45) is 10.9 Å². The summed E-state index contributed by atoms with van der Waals surface area (Å²) in [5.74, 6) is 0.595. The molecular weight excluding hydrogens is 332 g/mol. The molecule has 21 heavy (non-hydrogen) atoms. The van der Waals surface area contributed by atoms with Gasteiger partial charge in [-0.25, -0.2) is 0 Å². The van der Waals surface area contributed by atoms with E-state index in [-0.39, 0.29) is 5.84 Å². The fourth-order valence-electron chi connectivity index (χ4n) is 1.94. The number of hydrogen-bond acceptors (Lipinski definition) is 3. The van der Waals surface area contributed by atoms with E-state index in [0.29, 0.717) is 17.9 Å². The Morgan fingerprint density at radius 3 is 2.62 bits per heavy atom. The number of ether oxygens (including phenoxy) is 1. The Morgan fingerprint density at radius 1 is 1.19 bits per heavy atom. The Kier molecular flexibility index (Phi) is 4.85. The predicted molar refractivity (Wildman–Crippen MR) is 86.9 cm³/mol. The second-order valence-electron chi connectivity index (χ2n) is 4.83. The van der Waals surface area contributed by atoms with E-state index in [2.05, 4.69) is 47.1 Å². The molecule has 0 saturated carbocycles. The summed E-state index contributed by atoms with van der Waals surface area (Å²) >= 11 is 3.36. The minimum atomic E-state index is 0.0198. The number of aryl methyl sites for hydroxylation is 2. The number of rotatable bonds is 4. The third-order valence-electron chi connectivity index (χ3n) is 3.29. The molecule has 0 aliphatic rings. The summed E-state index contributed by atoms with van der Waals surface area (Å²) in [6, 6.07) is 11.6. The molecule has 0 fully saturated rings. The molecule has 0 saturated heterocycles. The molecule has 0 bridgehead atoms. The number of nitrogens with two attached hydrogens (primary N) is 1. The number of hydrogen-bond donors (Lipinski definition) is 2. The Balaban J connectivity index is 2.21. The van der Waals surface area contributed by atoms with Crippen molar-refractivity contribution in [2.45, 2.75) is 20.5 Å². The minimum absolute atomic E-state index is 0.0198. The quantitative estimate of drug-likeness (QED) is 0.382. The third kappa shape index (κ3) is 3.76. The highest BCUT2D eigenvalue weighted by Crippen LogP contribution is 2.24. The SMILES string of the molecule is Cc1ccc(COc2ccc(Br)cc2/C(N)=N/O)cc1C. The van der Waals surface area contributed by atoms with Gasteiger partial charge in [0.1, 0.15) is 12.4 Å². The van der Waals surface area contributed by atoms with Gasteiger partial charge in [-0.05, 0) is 48.7 Å². The second-order valence-corrected chi connectivity index (χ2v) is 5.75. The van der Waals surface area contributed by atoms with Gasteiger partial charge in [-0.2, -0.15) is 0 Å². The van der Waals surface area contributed by atoms with Crippen molar-refractivity contribution in [2.75, 3.05) is 0 Å². The fourth-order valence-corrected chi connectivity index (χ4v) is 2.30. The van der Waals surface area contributed by atoms with E-state index in [0.717, 1.165) is 10.0 Å². The van der Waals surface area contributed by atoms with Crippen LogP contribution >= 0.6 is 15.9 Å². The van der Waals surface area contributed by atoms with Crippen LogP contribution < -0.4 is 10.5 Å². The molecule has 2 aromatic rings. The molecule has 0 aromatic heterocycles. The smallest absolute Gasteiger partial charge is 0.173 e. The molecule has 0 amide bonds. The molecule has 3 N–H and O–H groups in total. The molecule has 0 radical (unpaired) electrons. The number of nitrogens with zero attached hydrogens (tertiary/aromatic N) is 1. The first-order valence-corrected chi connectivity index (χ1v) is 7.27. The lowest BCUT2D eigenvalue weighted by atomic mass is 10.1. The van der Waals surface area contributed by atoms with Gasteiger partial charge in [-0.1, -0.05) is 39.3 Å². The molecule has 2 aromatic carbocycles. The van der Waals surface area contributed by atoms with Crippen LogP contribution in [0.2, 0.25) is 0 Å². The van der Waals surface area contributed by atoms with E-state index in [9.17, 15) is 0 Å². The molecule has 0 unspecified atom stereocenters. The zero-order valence-corrected chi connectivity index (χ0v) is 13.5. The summed E-state index contributed by atoms with van der Waals surface area (Å²) in [5.41, 5.74) is 9.78. The fraction of sp³-hybridized carbons (Fsp3) is 0.188. The number of amidine groups is 1. The van der Waals surface area contributed by atoms with Gasteiger partial charge in [0.15, 0.2) is 5.84 Å². The maximum Gasteiger partial charge on any atom is 0.173 e. The zero-order chi connectivity index (χ0) is 15.4. The van der Waals surface area contributed by atoms with E-state index in [4.69, 9.17) is 15.7 Å². The summed E-state index contributed by atoms with van der Waals surface area (Å²) in [4.78, 5) is 0. The summed E-state index contributed by atoms with van der Waals surface area (Å²) < 4.78 is 6.64. The van der Waals surface area contributed by atoms with Crippen molar-refractivity contribution >= 4 is 21.8 Å². The van der Waals surface area contributed by atoms with E-state index in [1.807, 2.05) is 12.1 Å². The molecule has 0 heterocycles. The van der Waals surface area contributed by atoms with E-state index in [1.54, 1.807) is 12.1 Å². The van der Waals surface area contributed by atoms with E-state index < -0.39 is 0 Å². The molecule has 0 atom stereocenters. The average molecular weight is 349 g/mol. The van der Waals surface area contributed by atoms with Gasteiger partial charge in [0, 0.05) is 4.47 Å². The van der Waals surface area contributed by atoms with Crippen LogP contribution in [0.1, 0.15) is 22.3 Å². The first-order chi connectivity index (χ1) is 10.0. The van der Waals surface area contributed by atoms with Gasteiger partial charge in [-0.15, -0.1) is 0 Å². The lowest BCUT2D eigenvalue weighted by Gasteiger charge is -2.12. The summed E-state index contributed by atoms with van der Waals surface area (Å²) in [6.45, 7) is 4.57. The Bertz CT molecular complexity index is 684. The van der Waals surface area contributed by atoms with Crippen molar-refractivity contribution in [1.82, 2.24) is 0 Å². The lowest BCUT2D eigenvalue weighted by molar-refractivity contribution is 0.303. The molecule has 110 valence electrons. The minimum Gasteiger partial charge on any atom is -0.488 e. The first kappa shape index (κ1) is 15.4. The van der Waals surface area contributed by atoms with Gasteiger partial charge in [0.25, 0.3) is 0 Å². The van der Waals surface area contributed by atoms with Gasteiger partial charge in [0.2, 0.25) is 0 Å². The second kappa shape index (κ2) is 6.63. The molecule has 5 heteroatoms. The Morgan fingerprint density at radius 2 is 1.95 bits per heavy atom. The number of oxime groups is 1. The van der Waals surface area contributed by atoms with Gasteiger partial charge >= 0.3 is 0 Å². The topological polar surface area (TPSA) is 67.8 Å². The van der Waals surface area contributed by atoms with Crippen molar-refractivity contribution < 1.29 is 9.94 Å².